The van der Waals surface area contributed by atoms with Gasteiger partial charge in [0.1, 0.15) is 18.2 Å². The third-order valence-corrected chi connectivity index (χ3v) is 3.06. The van der Waals surface area contributed by atoms with Crippen molar-refractivity contribution in [2.75, 3.05) is 19.8 Å². The first kappa shape index (κ1) is 15.4. The van der Waals surface area contributed by atoms with E-state index in [-0.39, 0.29) is 12.4 Å². The Labute approximate surface area is 110 Å². The highest BCUT2D eigenvalue weighted by Gasteiger charge is 2.10. The van der Waals surface area contributed by atoms with Crippen LogP contribution in [0.25, 0.3) is 0 Å². The fourth-order valence-corrected chi connectivity index (χ4v) is 2.03. The molecule has 1 aromatic carbocycles. The van der Waals surface area contributed by atoms with Crippen molar-refractivity contribution in [2.45, 2.75) is 25.9 Å². The fourth-order valence-electron chi connectivity index (χ4n) is 1.61. The molecule has 1 aromatic rings. The average molecular weight is 273 g/mol. The van der Waals surface area contributed by atoms with E-state index in [1.165, 1.54) is 6.07 Å². The molecule has 3 nitrogen and oxygen atoms in total. The lowest BCUT2D eigenvalue weighted by molar-refractivity contribution is 0.122. The molecule has 0 aliphatic heterocycles. The molecule has 0 fully saturated rings. The van der Waals surface area contributed by atoms with Crippen LogP contribution in [0.1, 0.15) is 18.9 Å². The van der Waals surface area contributed by atoms with Crippen LogP contribution in [-0.4, -0.2) is 31.0 Å². The van der Waals surface area contributed by atoms with Crippen LogP contribution in [0.4, 0.5) is 4.39 Å². The molecular weight excluding hydrogens is 252 g/mol. The number of rotatable bonds is 8. The highest BCUT2D eigenvalue weighted by molar-refractivity contribution is 7.34. The smallest absolute Gasteiger partial charge is 0.130 e. The molecule has 0 heterocycles. The number of aliphatic hydroxyl groups excluding tert-OH is 1. The second kappa shape index (κ2) is 8.41. The van der Waals surface area contributed by atoms with E-state index in [9.17, 15) is 9.50 Å². The number of aliphatic hydroxyl groups is 1. The Hall–Kier alpha value is -0.700. The molecule has 102 valence electrons. The van der Waals surface area contributed by atoms with Gasteiger partial charge in [0.2, 0.25) is 0 Å². The summed E-state index contributed by atoms with van der Waals surface area (Å²) < 4.78 is 19.2. The molecule has 2 unspecified atom stereocenters. The molecule has 0 saturated carbocycles. The van der Waals surface area contributed by atoms with E-state index < -0.39 is 6.10 Å². The van der Waals surface area contributed by atoms with Crippen LogP contribution in [0.2, 0.25) is 0 Å². The molecule has 0 bridgehead atoms. The number of hydrogen-bond donors (Lipinski definition) is 2. The van der Waals surface area contributed by atoms with Gasteiger partial charge in [-0.05, 0) is 45.1 Å². The highest BCUT2D eigenvalue weighted by atomic mass is 31.1. The van der Waals surface area contributed by atoms with Gasteiger partial charge < -0.3 is 9.84 Å². The van der Waals surface area contributed by atoms with Crippen LogP contribution in [0.15, 0.2) is 18.2 Å². The minimum Gasteiger partial charge on any atom is -0.491 e. The maximum atomic E-state index is 13.7. The minimum atomic E-state index is -0.552. The number of ether oxygens (including phenoxy) is 1. The summed E-state index contributed by atoms with van der Waals surface area (Å²) in [6, 6.07) is 4.82. The number of hydrogen-bond acceptors (Lipinski definition) is 3. The van der Waals surface area contributed by atoms with Crippen LogP contribution in [0.3, 0.4) is 0 Å². The van der Waals surface area contributed by atoms with Crippen molar-refractivity contribution < 1.29 is 14.2 Å². The maximum Gasteiger partial charge on any atom is 0.130 e. The topological polar surface area (TPSA) is 41.5 Å². The molecular formula is C13H21FNO2P. The molecule has 2 N–H and O–H groups in total. The molecule has 1 rings (SSSR count). The Morgan fingerprint density at radius 2 is 2.28 bits per heavy atom. The molecule has 5 heteroatoms. The molecule has 0 spiro atoms. The standard InChI is InChI=1S/C13H21FNO2P/c1-10(16)9-17-13-7-3-6-12(14)11(13)5-4-8-15-18-2/h3,6-7,10,15-16,18H,4-5,8-9H2,1-2H3. The number of benzene rings is 1. The van der Waals surface area contributed by atoms with Crippen LogP contribution in [0, 0.1) is 5.82 Å². The van der Waals surface area contributed by atoms with Crippen molar-refractivity contribution in [3.8, 4) is 5.75 Å². The molecule has 2 atom stereocenters. The van der Waals surface area contributed by atoms with Gasteiger partial charge in [-0.3, -0.25) is 5.09 Å². The second-order valence-electron chi connectivity index (χ2n) is 4.16. The Balaban J connectivity index is 2.62. The zero-order valence-corrected chi connectivity index (χ0v) is 11.9. The Morgan fingerprint density at radius 3 is 2.94 bits per heavy atom. The first-order chi connectivity index (χ1) is 8.65. The van der Waals surface area contributed by atoms with Gasteiger partial charge in [0, 0.05) is 5.56 Å². The van der Waals surface area contributed by atoms with Crippen molar-refractivity contribution in [3.63, 3.8) is 0 Å². The van der Waals surface area contributed by atoms with E-state index in [2.05, 4.69) is 11.8 Å². The van der Waals surface area contributed by atoms with E-state index >= 15 is 0 Å². The molecule has 0 aromatic heterocycles. The summed E-state index contributed by atoms with van der Waals surface area (Å²) in [7, 11) is 0.709. The van der Waals surface area contributed by atoms with E-state index in [0.29, 0.717) is 26.5 Å². The summed E-state index contributed by atoms with van der Waals surface area (Å²) in [5.41, 5.74) is 0.597. The average Bonchev–Trinajstić information content (AvgIpc) is 2.34. The Morgan fingerprint density at radius 1 is 1.50 bits per heavy atom. The van der Waals surface area contributed by atoms with Crippen molar-refractivity contribution in [3.05, 3.63) is 29.6 Å². The van der Waals surface area contributed by atoms with Crippen molar-refractivity contribution >= 4 is 8.73 Å². The van der Waals surface area contributed by atoms with Gasteiger partial charge in [0.25, 0.3) is 0 Å². The Kier molecular flexibility index (Phi) is 7.18. The van der Waals surface area contributed by atoms with Crippen molar-refractivity contribution in [2.24, 2.45) is 0 Å². The highest BCUT2D eigenvalue weighted by Crippen LogP contribution is 2.23. The van der Waals surface area contributed by atoms with Gasteiger partial charge in [-0.25, -0.2) is 4.39 Å². The van der Waals surface area contributed by atoms with Crippen LogP contribution < -0.4 is 9.82 Å². The molecule has 0 amide bonds. The molecule has 0 aliphatic rings. The summed E-state index contributed by atoms with van der Waals surface area (Å²) in [6.07, 6.45) is 0.954. The van der Waals surface area contributed by atoms with Crippen LogP contribution in [-0.2, 0) is 6.42 Å². The van der Waals surface area contributed by atoms with Crippen LogP contribution in [0.5, 0.6) is 5.75 Å². The van der Waals surface area contributed by atoms with Gasteiger partial charge >= 0.3 is 0 Å². The number of halogens is 1. The third kappa shape index (κ3) is 5.30. The van der Waals surface area contributed by atoms with Gasteiger partial charge in [0.15, 0.2) is 0 Å². The third-order valence-electron chi connectivity index (χ3n) is 2.46. The zero-order valence-electron chi connectivity index (χ0n) is 10.9. The SMILES string of the molecule is CPNCCCc1c(F)cccc1OCC(C)O. The van der Waals surface area contributed by atoms with Crippen molar-refractivity contribution in [1.82, 2.24) is 5.09 Å². The minimum absolute atomic E-state index is 0.186. The fraction of sp³-hybridized carbons (Fsp3) is 0.538. The van der Waals surface area contributed by atoms with Gasteiger partial charge in [-0.15, -0.1) is 0 Å². The zero-order chi connectivity index (χ0) is 13.4. The lowest BCUT2D eigenvalue weighted by atomic mass is 10.1. The Bertz CT molecular complexity index is 361. The van der Waals surface area contributed by atoms with Gasteiger partial charge in [-0.2, -0.15) is 0 Å². The van der Waals surface area contributed by atoms with Crippen LogP contribution >= 0.6 is 8.73 Å². The largest absolute Gasteiger partial charge is 0.491 e. The van der Waals surface area contributed by atoms with Crippen molar-refractivity contribution in [1.29, 1.82) is 0 Å². The normalized spacial score (nSPS) is 13.1. The summed E-state index contributed by atoms with van der Waals surface area (Å²) in [5, 5.41) is 12.4. The monoisotopic (exact) mass is 273 g/mol. The van der Waals surface area contributed by atoms with E-state index in [4.69, 9.17) is 4.74 Å². The van der Waals surface area contributed by atoms with E-state index in [1.807, 2.05) is 0 Å². The summed E-state index contributed by atoms with van der Waals surface area (Å²) in [6.45, 7) is 4.77. The summed E-state index contributed by atoms with van der Waals surface area (Å²) in [4.78, 5) is 0. The number of nitrogens with one attached hydrogen (secondary N) is 1. The first-order valence-electron chi connectivity index (χ1n) is 6.13. The predicted octanol–water partition coefficient (Wildman–Crippen LogP) is 2.33. The summed E-state index contributed by atoms with van der Waals surface area (Å²) >= 11 is 0. The predicted molar refractivity (Wildman–Crippen MR) is 74.1 cm³/mol. The maximum absolute atomic E-state index is 13.7. The quantitative estimate of drug-likeness (QED) is 0.564. The van der Waals surface area contributed by atoms with E-state index in [1.54, 1.807) is 19.1 Å². The van der Waals surface area contributed by atoms with E-state index in [0.717, 1.165) is 13.0 Å². The molecule has 0 aliphatic carbocycles. The molecule has 0 radical (unpaired) electrons. The molecule has 0 saturated heterocycles. The van der Waals surface area contributed by atoms with Gasteiger partial charge in [-0.1, -0.05) is 14.8 Å². The lowest BCUT2D eigenvalue weighted by Gasteiger charge is -2.13. The second-order valence-corrected chi connectivity index (χ2v) is 5.01. The lowest BCUT2D eigenvalue weighted by Crippen LogP contribution is -2.14. The van der Waals surface area contributed by atoms with Gasteiger partial charge in [0.05, 0.1) is 6.10 Å². The summed E-state index contributed by atoms with van der Waals surface area (Å²) in [5.74, 6) is 0.298. The first-order valence-corrected chi connectivity index (χ1v) is 7.63. The molecule has 18 heavy (non-hydrogen) atoms.